The average Bonchev–Trinajstić information content (AvgIpc) is 3.17. The van der Waals surface area contributed by atoms with Gasteiger partial charge in [0.1, 0.15) is 0 Å². The maximum atomic E-state index is 12.4. The molecule has 0 saturated heterocycles. The number of thiophene rings is 1. The molecule has 0 aliphatic carbocycles. The number of anilines is 3. The summed E-state index contributed by atoms with van der Waals surface area (Å²) in [5, 5.41) is 9.81. The van der Waals surface area contributed by atoms with Crippen LogP contribution >= 0.6 is 11.3 Å². The van der Waals surface area contributed by atoms with Crippen molar-refractivity contribution in [1.82, 2.24) is 0 Å². The number of nitrogens with two attached hydrogens (primary N) is 1. The van der Waals surface area contributed by atoms with Crippen LogP contribution < -0.4 is 21.7 Å². The number of urea groups is 1. The van der Waals surface area contributed by atoms with E-state index >= 15 is 0 Å². The van der Waals surface area contributed by atoms with Crippen molar-refractivity contribution in [3.8, 4) is 0 Å². The number of hydrogen-bond donors (Lipinski definition) is 4. The van der Waals surface area contributed by atoms with Crippen molar-refractivity contribution >= 4 is 46.2 Å². The van der Waals surface area contributed by atoms with E-state index in [1.54, 1.807) is 60.7 Å². The predicted molar refractivity (Wildman–Crippen MR) is 106 cm³/mol. The van der Waals surface area contributed by atoms with Gasteiger partial charge < -0.3 is 21.7 Å². The Morgan fingerprint density at radius 2 is 1.41 bits per heavy atom. The lowest BCUT2D eigenvalue weighted by Gasteiger charge is -2.09. The second-order valence-electron chi connectivity index (χ2n) is 5.53. The molecule has 0 bridgehead atoms. The van der Waals surface area contributed by atoms with Crippen molar-refractivity contribution in [3.05, 3.63) is 76.5 Å². The Hall–Kier alpha value is -3.65. The van der Waals surface area contributed by atoms with Crippen molar-refractivity contribution in [2.24, 2.45) is 5.73 Å². The van der Waals surface area contributed by atoms with Crippen molar-refractivity contribution in [3.63, 3.8) is 0 Å². The van der Waals surface area contributed by atoms with E-state index in [0.717, 1.165) is 0 Å². The molecule has 0 aliphatic rings. The SMILES string of the molecule is NC(=O)Nc1ccc(C(=O)Nc2cccc(NC(=O)c3cccs3)c2)cc1. The molecule has 136 valence electrons. The number of hydrogen-bond acceptors (Lipinski definition) is 4. The molecule has 0 spiro atoms. The molecule has 7 nitrogen and oxygen atoms in total. The number of rotatable bonds is 5. The molecule has 2 aromatic carbocycles. The Kier molecular flexibility index (Phi) is 5.48. The van der Waals surface area contributed by atoms with Gasteiger partial charge in [-0.1, -0.05) is 12.1 Å². The van der Waals surface area contributed by atoms with Crippen LogP contribution in [0.1, 0.15) is 20.0 Å². The first-order valence-corrected chi connectivity index (χ1v) is 8.82. The number of nitrogens with one attached hydrogen (secondary N) is 3. The van der Waals surface area contributed by atoms with Crippen molar-refractivity contribution in [2.45, 2.75) is 0 Å². The van der Waals surface area contributed by atoms with Crippen LogP contribution in [-0.2, 0) is 0 Å². The van der Waals surface area contributed by atoms with Crippen molar-refractivity contribution < 1.29 is 14.4 Å². The molecule has 27 heavy (non-hydrogen) atoms. The normalized spacial score (nSPS) is 10.1. The predicted octanol–water partition coefficient (Wildman–Crippen LogP) is 3.74. The topological polar surface area (TPSA) is 113 Å². The minimum absolute atomic E-state index is 0.203. The fourth-order valence-corrected chi connectivity index (χ4v) is 2.94. The third-order valence-corrected chi connectivity index (χ3v) is 4.41. The maximum absolute atomic E-state index is 12.4. The molecule has 5 N–H and O–H groups in total. The first kappa shape index (κ1) is 18.2. The van der Waals surface area contributed by atoms with Crippen LogP contribution in [-0.4, -0.2) is 17.8 Å². The highest BCUT2D eigenvalue weighted by Gasteiger charge is 2.09. The summed E-state index contributed by atoms with van der Waals surface area (Å²) in [4.78, 5) is 35.9. The molecular formula is C19H16N4O3S. The molecule has 0 radical (unpaired) electrons. The Labute approximate surface area is 159 Å². The van der Waals surface area contributed by atoms with E-state index in [0.29, 0.717) is 27.5 Å². The summed E-state index contributed by atoms with van der Waals surface area (Å²) in [6.45, 7) is 0. The smallest absolute Gasteiger partial charge is 0.316 e. The van der Waals surface area contributed by atoms with E-state index < -0.39 is 6.03 Å². The molecule has 0 atom stereocenters. The first-order chi connectivity index (χ1) is 13.0. The maximum Gasteiger partial charge on any atom is 0.316 e. The summed E-state index contributed by atoms with van der Waals surface area (Å²) in [7, 11) is 0. The van der Waals surface area contributed by atoms with Crippen LogP contribution in [0, 0.1) is 0 Å². The van der Waals surface area contributed by atoms with Crippen molar-refractivity contribution in [1.29, 1.82) is 0 Å². The van der Waals surface area contributed by atoms with Crippen LogP contribution in [0.3, 0.4) is 0 Å². The van der Waals surface area contributed by atoms with E-state index in [2.05, 4.69) is 16.0 Å². The lowest BCUT2D eigenvalue weighted by molar-refractivity contribution is 0.102. The van der Waals surface area contributed by atoms with Crippen LogP contribution in [0.25, 0.3) is 0 Å². The molecule has 3 aromatic rings. The largest absolute Gasteiger partial charge is 0.351 e. The number of carbonyl (C=O) groups is 3. The summed E-state index contributed by atoms with van der Waals surface area (Å²) in [6, 6.07) is 16.1. The third kappa shape index (κ3) is 4.93. The van der Waals surface area contributed by atoms with Gasteiger partial charge in [0.15, 0.2) is 0 Å². The molecular weight excluding hydrogens is 364 g/mol. The molecule has 0 unspecified atom stereocenters. The van der Waals surface area contributed by atoms with E-state index in [-0.39, 0.29) is 11.8 Å². The summed E-state index contributed by atoms with van der Waals surface area (Å²) < 4.78 is 0. The molecule has 0 fully saturated rings. The number of amides is 4. The highest BCUT2D eigenvalue weighted by molar-refractivity contribution is 7.12. The quantitative estimate of drug-likeness (QED) is 0.540. The van der Waals surface area contributed by atoms with Gasteiger partial charge in [-0.05, 0) is 53.9 Å². The second-order valence-corrected chi connectivity index (χ2v) is 6.48. The van der Waals surface area contributed by atoms with Gasteiger partial charge in [-0.3, -0.25) is 9.59 Å². The standard InChI is InChI=1S/C19H16N4O3S/c20-19(26)23-13-8-6-12(7-9-13)17(24)21-14-3-1-4-15(11-14)22-18(25)16-5-2-10-27-16/h1-11H,(H,21,24)(H,22,25)(H3,20,23,26). The van der Waals surface area contributed by atoms with Gasteiger partial charge in [0.25, 0.3) is 11.8 Å². The lowest BCUT2D eigenvalue weighted by atomic mass is 10.2. The molecule has 0 saturated carbocycles. The lowest BCUT2D eigenvalue weighted by Crippen LogP contribution is -2.19. The van der Waals surface area contributed by atoms with Crippen LogP contribution in [0.2, 0.25) is 0 Å². The van der Waals surface area contributed by atoms with Gasteiger partial charge in [0.2, 0.25) is 0 Å². The fourth-order valence-electron chi connectivity index (χ4n) is 2.33. The average molecular weight is 380 g/mol. The Balaban J connectivity index is 1.66. The number of primary amides is 1. The van der Waals surface area contributed by atoms with E-state index in [4.69, 9.17) is 5.73 Å². The minimum atomic E-state index is -0.673. The molecule has 4 amide bonds. The molecule has 1 heterocycles. The molecule has 3 rings (SSSR count). The first-order valence-electron chi connectivity index (χ1n) is 7.94. The third-order valence-electron chi connectivity index (χ3n) is 3.54. The van der Waals surface area contributed by atoms with Gasteiger partial charge >= 0.3 is 6.03 Å². The summed E-state index contributed by atoms with van der Waals surface area (Å²) in [6.07, 6.45) is 0. The summed E-state index contributed by atoms with van der Waals surface area (Å²) in [5.74, 6) is -0.520. The van der Waals surface area contributed by atoms with Crippen LogP contribution in [0.5, 0.6) is 0 Å². The zero-order valence-corrected chi connectivity index (χ0v) is 14.9. The number of benzene rings is 2. The molecule has 1 aromatic heterocycles. The van der Waals surface area contributed by atoms with Crippen molar-refractivity contribution in [2.75, 3.05) is 16.0 Å². The Morgan fingerprint density at radius 3 is 2.00 bits per heavy atom. The Bertz CT molecular complexity index is 969. The van der Waals surface area contributed by atoms with Gasteiger partial charge in [0, 0.05) is 22.6 Å². The summed E-state index contributed by atoms with van der Waals surface area (Å²) >= 11 is 1.35. The minimum Gasteiger partial charge on any atom is -0.351 e. The van der Waals surface area contributed by atoms with Crippen LogP contribution in [0.4, 0.5) is 21.9 Å². The van der Waals surface area contributed by atoms with Gasteiger partial charge in [-0.2, -0.15) is 0 Å². The summed E-state index contributed by atoms with van der Waals surface area (Å²) in [5.41, 5.74) is 7.08. The van der Waals surface area contributed by atoms with Gasteiger partial charge in [-0.25, -0.2) is 4.79 Å². The molecule has 8 heteroatoms. The second kappa shape index (κ2) is 8.15. The van der Waals surface area contributed by atoms with E-state index in [1.807, 2.05) is 5.38 Å². The zero-order valence-electron chi connectivity index (χ0n) is 14.1. The fraction of sp³-hybridized carbons (Fsp3) is 0. The molecule has 0 aliphatic heterocycles. The van der Waals surface area contributed by atoms with Gasteiger partial charge in [0.05, 0.1) is 4.88 Å². The number of carbonyl (C=O) groups excluding carboxylic acids is 3. The highest BCUT2D eigenvalue weighted by atomic mass is 32.1. The van der Waals surface area contributed by atoms with E-state index in [1.165, 1.54) is 11.3 Å². The monoisotopic (exact) mass is 380 g/mol. The van der Waals surface area contributed by atoms with E-state index in [9.17, 15) is 14.4 Å². The highest BCUT2D eigenvalue weighted by Crippen LogP contribution is 2.19. The van der Waals surface area contributed by atoms with Crippen LogP contribution in [0.15, 0.2) is 66.0 Å². The van der Waals surface area contributed by atoms with Gasteiger partial charge in [-0.15, -0.1) is 11.3 Å². The Morgan fingerprint density at radius 1 is 0.741 bits per heavy atom. The zero-order chi connectivity index (χ0) is 19.2.